The fourth-order valence-electron chi connectivity index (χ4n) is 2.67. The molecule has 36 heavy (non-hydrogen) atoms. The van der Waals surface area contributed by atoms with Crippen LogP contribution < -0.4 is 20.9 Å². The third-order valence-corrected chi connectivity index (χ3v) is 7.55. The zero-order chi connectivity index (χ0) is 26.7. The van der Waals surface area contributed by atoms with E-state index in [4.69, 9.17) is 20.3 Å². The third-order valence-electron chi connectivity index (χ3n) is 4.88. The van der Waals surface area contributed by atoms with E-state index in [0.29, 0.717) is 34.3 Å². The first-order valence-electron chi connectivity index (χ1n) is 10.4. The van der Waals surface area contributed by atoms with Crippen molar-refractivity contribution in [1.82, 2.24) is 9.97 Å². The van der Waals surface area contributed by atoms with Crippen LogP contribution in [-0.4, -0.2) is 26.8 Å². The van der Waals surface area contributed by atoms with Gasteiger partial charge in [-0.1, -0.05) is 0 Å². The third kappa shape index (κ3) is 6.55. The van der Waals surface area contributed by atoms with E-state index in [2.05, 4.69) is 19.4 Å². The van der Waals surface area contributed by atoms with Gasteiger partial charge in [0.1, 0.15) is 11.5 Å². The maximum atomic E-state index is 12.0. The van der Waals surface area contributed by atoms with Crippen molar-refractivity contribution in [1.29, 1.82) is 0 Å². The Kier molecular flexibility index (Phi) is 7.59. The standard InChI is InChI=1S/2C11H13N3O3S/c2*1-7-8(2)17-11(13-7)14-18(15,16)10-5-3-9(12)4-6-10/h2*3-6H,12H2,1-2H3,(H,13,14). The van der Waals surface area contributed by atoms with Crippen LogP contribution in [0.25, 0.3) is 0 Å². The highest BCUT2D eigenvalue weighted by molar-refractivity contribution is 7.93. The summed E-state index contributed by atoms with van der Waals surface area (Å²) in [6.45, 7) is 6.90. The average molecular weight is 535 g/mol. The van der Waals surface area contributed by atoms with Crippen LogP contribution in [0.2, 0.25) is 0 Å². The quantitative estimate of drug-likeness (QED) is 0.266. The molecule has 0 saturated heterocycles. The maximum absolute atomic E-state index is 12.0. The lowest BCUT2D eigenvalue weighted by Crippen LogP contribution is -2.13. The molecule has 4 rings (SSSR count). The van der Waals surface area contributed by atoms with Gasteiger partial charge < -0.3 is 20.3 Å². The van der Waals surface area contributed by atoms with Crippen LogP contribution in [0.15, 0.2) is 67.2 Å². The number of anilines is 4. The number of benzene rings is 2. The molecule has 0 aliphatic heterocycles. The van der Waals surface area contributed by atoms with Crippen molar-refractivity contribution >= 4 is 43.5 Å². The summed E-state index contributed by atoms with van der Waals surface area (Å²) in [4.78, 5) is 8.12. The average Bonchev–Trinajstić information content (AvgIpc) is 3.27. The second-order valence-electron chi connectivity index (χ2n) is 7.67. The molecule has 2 aromatic carbocycles. The van der Waals surface area contributed by atoms with Gasteiger partial charge in [0.05, 0.1) is 21.2 Å². The molecule has 192 valence electrons. The largest absolute Gasteiger partial charge is 0.428 e. The Balaban J connectivity index is 0.000000201. The molecule has 0 aliphatic carbocycles. The number of hydrogen-bond acceptors (Lipinski definition) is 10. The molecule has 14 heteroatoms. The molecule has 0 bridgehead atoms. The number of oxazole rings is 2. The summed E-state index contributed by atoms with van der Waals surface area (Å²) < 4.78 is 62.8. The molecule has 0 fully saturated rings. The molecular weight excluding hydrogens is 508 g/mol. The molecule has 0 atom stereocenters. The Morgan fingerprint density at radius 2 is 0.917 bits per heavy atom. The summed E-state index contributed by atoms with van der Waals surface area (Å²) >= 11 is 0. The van der Waals surface area contributed by atoms with E-state index in [1.807, 2.05) is 0 Å². The summed E-state index contributed by atoms with van der Waals surface area (Å²) in [6, 6.07) is 11.6. The minimum absolute atomic E-state index is 0.0400. The summed E-state index contributed by atoms with van der Waals surface area (Å²) in [5, 5.41) is 0. The molecule has 12 nitrogen and oxygen atoms in total. The van der Waals surface area contributed by atoms with Crippen molar-refractivity contribution in [2.45, 2.75) is 37.5 Å². The fourth-order valence-corrected chi connectivity index (χ4v) is 4.53. The normalized spacial score (nSPS) is 11.4. The lowest BCUT2D eigenvalue weighted by Gasteiger charge is -2.04. The van der Waals surface area contributed by atoms with E-state index in [1.54, 1.807) is 27.7 Å². The SMILES string of the molecule is Cc1nc(NS(=O)(=O)c2ccc(N)cc2)oc1C.Cc1nc(NS(=O)(=O)c2ccc(N)cc2)oc1C. The smallest absolute Gasteiger partial charge is 0.309 e. The molecule has 0 spiro atoms. The van der Waals surface area contributed by atoms with Gasteiger partial charge in [-0.2, -0.15) is 9.97 Å². The monoisotopic (exact) mass is 534 g/mol. The molecule has 6 N–H and O–H groups in total. The lowest BCUT2D eigenvalue weighted by atomic mass is 10.3. The minimum atomic E-state index is -3.70. The Morgan fingerprint density at radius 1 is 0.611 bits per heavy atom. The van der Waals surface area contributed by atoms with Crippen LogP contribution in [0.3, 0.4) is 0 Å². The lowest BCUT2D eigenvalue weighted by molar-refractivity contribution is 0.540. The number of aryl methyl sites for hydroxylation is 4. The van der Waals surface area contributed by atoms with E-state index >= 15 is 0 Å². The Hall–Kier alpha value is -4.04. The summed E-state index contributed by atoms with van der Waals surface area (Å²) in [5.41, 5.74) is 13.3. The van der Waals surface area contributed by atoms with Crippen molar-refractivity contribution in [3.05, 3.63) is 71.4 Å². The van der Waals surface area contributed by atoms with Gasteiger partial charge in [0.2, 0.25) is 0 Å². The first kappa shape index (κ1) is 26.6. The topological polar surface area (TPSA) is 196 Å². The van der Waals surface area contributed by atoms with Gasteiger partial charge in [-0.25, -0.2) is 26.3 Å². The molecule has 2 aromatic heterocycles. The first-order chi connectivity index (χ1) is 16.8. The van der Waals surface area contributed by atoms with Gasteiger partial charge in [-0.3, -0.25) is 0 Å². The minimum Gasteiger partial charge on any atom is -0.428 e. The number of aromatic nitrogens is 2. The van der Waals surface area contributed by atoms with E-state index in [-0.39, 0.29) is 21.8 Å². The number of hydrogen-bond donors (Lipinski definition) is 4. The first-order valence-corrected chi connectivity index (χ1v) is 13.4. The van der Waals surface area contributed by atoms with E-state index in [1.165, 1.54) is 48.5 Å². The van der Waals surface area contributed by atoms with Gasteiger partial charge >= 0.3 is 12.0 Å². The van der Waals surface area contributed by atoms with Crippen LogP contribution >= 0.6 is 0 Å². The van der Waals surface area contributed by atoms with E-state index in [9.17, 15) is 16.8 Å². The van der Waals surface area contributed by atoms with Crippen LogP contribution in [0.5, 0.6) is 0 Å². The molecule has 2 heterocycles. The Morgan fingerprint density at radius 3 is 1.17 bits per heavy atom. The van der Waals surface area contributed by atoms with E-state index in [0.717, 1.165) is 0 Å². The molecule has 0 unspecified atom stereocenters. The highest BCUT2D eigenvalue weighted by Crippen LogP contribution is 2.20. The van der Waals surface area contributed by atoms with Crippen molar-refractivity contribution in [2.75, 3.05) is 20.9 Å². The second-order valence-corrected chi connectivity index (χ2v) is 11.0. The molecular formula is C22H26N6O6S2. The number of rotatable bonds is 6. The van der Waals surface area contributed by atoms with Crippen LogP contribution in [0.1, 0.15) is 22.9 Å². The predicted molar refractivity (Wildman–Crippen MR) is 135 cm³/mol. The van der Waals surface area contributed by atoms with Crippen LogP contribution in [0, 0.1) is 27.7 Å². The van der Waals surface area contributed by atoms with Gasteiger partial charge in [0, 0.05) is 11.4 Å². The number of sulfonamides is 2. The zero-order valence-corrected chi connectivity index (χ0v) is 21.6. The van der Waals surface area contributed by atoms with Gasteiger partial charge in [0.15, 0.2) is 0 Å². The Labute approximate surface area is 208 Å². The molecule has 0 radical (unpaired) electrons. The van der Waals surface area contributed by atoms with Crippen molar-refractivity contribution in [3.63, 3.8) is 0 Å². The van der Waals surface area contributed by atoms with Gasteiger partial charge in [-0.05, 0) is 76.2 Å². The number of nitrogens with two attached hydrogens (primary N) is 2. The van der Waals surface area contributed by atoms with Gasteiger partial charge in [0.25, 0.3) is 20.0 Å². The maximum Gasteiger partial charge on any atom is 0.309 e. The fraction of sp³-hybridized carbons (Fsp3) is 0.182. The number of nitrogen functional groups attached to an aromatic ring is 2. The molecule has 0 saturated carbocycles. The number of nitrogens with zero attached hydrogens (tertiary/aromatic N) is 2. The van der Waals surface area contributed by atoms with Crippen molar-refractivity contribution in [2.24, 2.45) is 0 Å². The number of nitrogens with one attached hydrogen (secondary N) is 2. The second kappa shape index (κ2) is 10.3. The van der Waals surface area contributed by atoms with Crippen molar-refractivity contribution < 1.29 is 25.7 Å². The highest BCUT2D eigenvalue weighted by atomic mass is 32.2. The summed E-state index contributed by atoms with van der Waals surface area (Å²) in [7, 11) is -7.39. The molecule has 0 aliphatic rings. The zero-order valence-electron chi connectivity index (χ0n) is 19.9. The van der Waals surface area contributed by atoms with Crippen molar-refractivity contribution in [3.8, 4) is 0 Å². The van der Waals surface area contributed by atoms with Gasteiger partial charge in [-0.15, -0.1) is 0 Å². The van der Waals surface area contributed by atoms with Crippen LogP contribution in [-0.2, 0) is 20.0 Å². The van der Waals surface area contributed by atoms with E-state index < -0.39 is 20.0 Å². The highest BCUT2D eigenvalue weighted by Gasteiger charge is 2.18. The van der Waals surface area contributed by atoms with Crippen LogP contribution in [0.4, 0.5) is 23.4 Å². The predicted octanol–water partition coefficient (Wildman–Crippen LogP) is 3.35. The summed E-state index contributed by atoms with van der Waals surface area (Å²) in [6.07, 6.45) is 0. The summed E-state index contributed by atoms with van der Waals surface area (Å²) in [5.74, 6) is 1.15. The Bertz CT molecular complexity index is 1400. The molecule has 4 aromatic rings. The molecule has 0 amide bonds.